The molecule has 0 saturated heterocycles. The molecule has 1 aromatic carbocycles. The molecule has 0 aliphatic carbocycles. The summed E-state index contributed by atoms with van der Waals surface area (Å²) in [6.45, 7) is 0.0367. The summed E-state index contributed by atoms with van der Waals surface area (Å²) in [5.41, 5.74) is 4.81. The summed E-state index contributed by atoms with van der Waals surface area (Å²) in [5, 5.41) is 2.32. The Morgan fingerprint density at radius 3 is 2.27 bits per heavy atom. The van der Waals surface area contributed by atoms with Crippen LogP contribution in [-0.4, -0.2) is 32.4 Å². The van der Waals surface area contributed by atoms with E-state index in [-0.39, 0.29) is 17.9 Å². The third-order valence-corrected chi connectivity index (χ3v) is 4.00. The van der Waals surface area contributed by atoms with Crippen molar-refractivity contribution in [3.05, 3.63) is 59.5 Å². The number of hydrazine groups is 1. The van der Waals surface area contributed by atoms with Gasteiger partial charge in [-0.05, 0) is 29.8 Å². The average molecular weight is 379 g/mol. The van der Waals surface area contributed by atoms with Crippen molar-refractivity contribution in [2.24, 2.45) is 0 Å². The van der Waals surface area contributed by atoms with Gasteiger partial charge in [0.05, 0.1) is 18.6 Å². The number of sulfone groups is 1. The quantitative estimate of drug-likeness (QED) is 0.491. The second-order valence-corrected chi connectivity index (χ2v) is 7.58. The summed E-state index contributed by atoms with van der Waals surface area (Å²) in [7, 11) is -3.17. The van der Waals surface area contributed by atoms with Gasteiger partial charge >= 0.3 is 11.8 Å². The Morgan fingerprint density at radius 1 is 1.00 bits per heavy atom. The maximum atomic E-state index is 11.9. The van der Waals surface area contributed by atoms with Crippen LogP contribution in [0.2, 0.25) is 0 Å². The Hall–Kier alpha value is -3.14. The highest BCUT2D eigenvalue weighted by atomic mass is 32.2. The average Bonchev–Trinajstić information content (AvgIpc) is 3.10. The Kier molecular flexibility index (Phi) is 6.12. The van der Waals surface area contributed by atoms with Gasteiger partial charge in [0.15, 0.2) is 9.84 Å². The highest BCUT2D eigenvalue weighted by molar-refractivity contribution is 7.89. The molecule has 26 heavy (non-hydrogen) atoms. The molecule has 0 spiro atoms. The first kappa shape index (κ1) is 19.2. The predicted octanol–water partition coefficient (Wildman–Crippen LogP) is -0.0984. The first-order chi connectivity index (χ1) is 12.2. The Balaban J connectivity index is 1.81. The number of rotatable bonds is 5. The van der Waals surface area contributed by atoms with E-state index in [2.05, 4.69) is 10.7 Å². The fourth-order valence-corrected chi connectivity index (χ4v) is 2.76. The molecule has 2 rings (SSSR count). The number of carbonyl (C=O) groups excluding carboxylic acids is 3. The molecule has 0 unspecified atom stereocenters. The Labute approximate surface area is 149 Å². The first-order valence-corrected chi connectivity index (χ1v) is 9.48. The number of nitrogens with one attached hydrogen (secondary N) is 3. The third-order valence-electron chi connectivity index (χ3n) is 3.14. The Bertz CT molecular complexity index is 889. The fraction of sp³-hybridized carbons (Fsp3) is 0.188. The lowest BCUT2D eigenvalue weighted by atomic mass is 10.1. The van der Waals surface area contributed by atoms with Crippen molar-refractivity contribution in [2.75, 3.05) is 6.26 Å². The molecule has 0 bridgehead atoms. The van der Waals surface area contributed by atoms with Crippen LogP contribution in [0, 0.1) is 0 Å². The van der Waals surface area contributed by atoms with Crippen LogP contribution in [0.1, 0.15) is 21.7 Å². The maximum Gasteiger partial charge on any atom is 0.327 e. The fourth-order valence-electron chi connectivity index (χ4n) is 1.96. The number of benzene rings is 1. The lowest BCUT2D eigenvalue weighted by Crippen LogP contribution is -2.48. The van der Waals surface area contributed by atoms with Crippen molar-refractivity contribution in [3.8, 4) is 0 Å². The van der Waals surface area contributed by atoms with Gasteiger partial charge in [-0.25, -0.2) is 8.42 Å². The van der Waals surface area contributed by atoms with Crippen molar-refractivity contribution in [1.29, 1.82) is 0 Å². The molecule has 1 aromatic heterocycles. The van der Waals surface area contributed by atoms with E-state index >= 15 is 0 Å². The smallest absolute Gasteiger partial charge is 0.327 e. The summed E-state index contributed by atoms with van der Waals surface area (Å²) in [6.07, 6.45) is 2.54. The number of amides is 3. The van der Waals surface area contributed by atoms with Crippen molar-refractivity contribution in [2.45, 2.75) is 12.3 Å². The molecule has 0 aliphatic rings. The summed E-state index contributed by atoms with van der Waals surface area (Å²) < 4.78 is 27.4. The number of furan rings is 1. The van der Waals surface area contributed by atoms with Gasteiger partial charge in [0.1, 0.15) is 5.76 Å². The normalized spacial score (nSPS) is 10.8. The molecule has 10 heteroatoms. The van der Waals surface area contributed by atoms with E-state index in [1.165, 1.54) is 30.5 Å². The van der Waals surface area contributed by atoms with Crippen molar-refractivity contribution in [3.63, 3.8) is 0 Å². The van der Waals surface area contributed by atoms with Gasteiger partial charge in [0.2, 0.25) is 0 Å². The molecule has 9 nitrogen and oxygen atoms in total. The lowest BCUT2D eigenvalue weighted by Gasteiger charge is -2.08. The van der Waals surface area contributed by atoms with Gasteiger partial charge in [-0.3, -0.25) is 25.2 Å². The van der Waals surface area contributed by atoms with E-state index in [0.29, 0.717) is 11.3 Å². The maximum absolute atomic E-state index is 11.9. The van der Waals surface area contributed by atoms with E-state index in [4.69, 9.17) is 4.42 Å². The SMILES string of the molecule is CS(=O)(=O)Cc1ccc(C(=O)NNC(=O)C(=O)NCc2ccco2)cc1. The van der Waals surface area contributed by atoms with Gasteiger partial charge < -0.3 is 9.73 Å². The third kappa shape index (κ3) is 6.06. The predicted molar refractivity (Wildman–Crippen MR) is 91.2 cm³/mol. The number of hydrogen-bond acceptors (Lipinski definition) is 6. The van der Waals surface area contributed by atoms with E-state index in [1.54, 1.807) is 12.1 Å². The van der Waals surface area contributed by atoms with Gasteiger partial charge in [-0.1, -0.05) is 12.1 Å². The molecule has 3 N–H and O–H groups in total. The highest BCUT2D eigenvalue weighted by Crippen LogP contribution is 2.07. The molecule has 1 heterocycles. The van der Waals surface area contributed by atoms with E-state index in [1.807, 2.05) is 5.43 Å². The molecule has 0 atom stereocenters. The van der Waals surface area contributed by atoms with Crippen LogP contribution in [0.5, 0.6) is 0 Å². The van der Waals surface area contributed by atoms with Crippen molar-refractivity contribution in [1.82, 2.24) is 16.2 Å². The molecule has 0 fully saturated rings. The van der Waals surface area contributed by atoms with E-state index in [9.17, 15) is 22.8 Å². The second-order valence-electron chi connectivity index (χ2n) is 5.44. The molecule has 2 aromatic rings. The van der Waals surface area contributed by atoms with Crippen molar-refractivity contribution >= 4 is 27.6 Å². The van der Waals surface area contributed by atoms with Crippen LogP contribution < -0.4 is 16.2 Å². The number of carbonyl (C=O) groups is 3. The van der Waals surface area contributed by atoms with Gasteiger partial charge in [-0.15, -0.1) is 0 Å². The molecular formula is C16H17N3O6S. The Morgan fingerprint density at radius 2 is 1.69 bits per heavy atom. The zero-order chi connectivity index (χ0) is 19.2. The van der Waals surface area contributed by atoms with Gasteiger partial charge in [0.25, 0.3) is 5.91 Å². The minimum Gasteiger partial charge on any atom is -0.467 e. The first-order valence-electron chi connectivity index (χ1n) is 7.42. The van der Waals surface area contributed by atoms with Crippen LogP contribution in [0.4, 0.5) is 0 Å². The van der Waals surface area contributed by atoms with Crippen molar-refractivity contribution < 1.29 is 27.2 Å². The monoisotopic (exact) mass is 379 g/mol. The van der Waals surface area contributed by atoms with Crippen LogP contribution in [-0.2, 0) is 31.7 Å². The molecule has 0 aliphatic heterocycles. The van der Waals surface area contributed by atoms with E-state index < -0.39 is 27.6 Å². The van der Waals surface area contributed by atoms with E-state index in [0.717, 1.165) is 6.26 Å². The van der Waals surface area contributed by atoms with Crippen LogP contribution in [0.25, 0.3) is 0 Å². The molecule has 0 radical (unpaired) electrons. The highest BCUT2D eigenvalue weighted by Gasteiger charge is 2.15. The standard InChI is InChI=1S/C16H17N3O6S/c1-26(23,24)10-11-4-6-12(7-5-11)14(20)18-19-16(22)15(21)17-9-13-3-2-8-25-13/h2-8H,9-10H2,1H3,(H,17,21)(H,18,20)(H,19,22). The zero-order valence-electron chi connectivity index (χ0n) is 13.8. The molecule has 0 saturated carbocycles. The molecule has 3 amide bonds. The number of hydrogen-bond donors (Lipinski definition) is 3. The molecule has 138 valence electrons. The summed E-state index contributed by atoms with van der Waals surface area (Å²) in [5.74, 6) is -2.29. The summed E-state index contributed by atoms with van der Waals surface area (Å²) in [4.78, 5) is 35.1. The minimum atomic E-state index is -3.17. The largest absolute Gasteiger partial charge is 0.467 e. The lowest BCUT2D eigenvalue weighted by molar-refractivity contribution is -0.139. The second kappa shape index (κ2) is 8.30. The minimum absolute atomic E-state index is 0.0367. The summed E-state index contributed by atoms with van der Waals surface area (Å²) >= 11 is 0. The zero-order valence-corrected chi connectivity index (χ0v) is 14.6. The van der Waals surface area contributed by atoms with Gasteiger partial charge in [0, 0.05) is 11.8 Å². The van der Waals surface area contributed by atoms with Gasteiger partial charge in [-0.2, -0.15) is 0 Å². The van der Waals surface area contributed by atoms with Crippen LogP contribution in [0.15, 0.2) is 47.1 Å². The topological polar surface area (TPSA) is 135 Å². The molecular weight excluding hydrogens is 362 g/mol. The summed E-state index contributed by atoms with van der Waals surface area (Å²) in [6, 6.07) is 9.09. The van der Waals surface area contributed by atoms with Crippen LogP contribution in [0.3, 0.4) is 0 Å². The van der Waals surface area contributed by atoms with Crippen LogP contribution >= 0.6 is 0 Å².